The number of hydrogen-bond donors (Lipinski definition) is 2. The minimum atomic E-state index is -0.0533. The molecule has 2 atom stereocenters. The monoisotopic (exact) mass is 286 g/mol. The molecule has 0 saturated carbocycles. The van der Waals surface area contributed by atoms with Crippen molar-refractivity contribution in [1.82, 2.24) is 10.6 Å². The van der Waals surface area contributed by atoms with Gasteiger partial charge in [-0.3, -0.25) is 0 Å². The smallest absolute Gasteiger partial charge is 0.315 e. The topological polar surface area (TPSA) is 50.4 Å². The Kier molecular flexibility index (Phi) is 4.55. The van der Waals surface area contributed by atoms with Crippen molar-refractivity contribution in [3.8, 4) is 0 Å². The molecule has 2 N–H and O–H groups in total. The predicted octanol–water partition coefficient (Wildman–Crippen LogP) is 2.92. The molecule has 1 heterocycles. The van der Waals surface area contributed by atoms with E-state index in [1.807, 2.05) is 18.2 Å². The van der Waals surface area contributed by atoms with Gasteiger partial charge in [0.25, 0.3) is 0 Å². The number of ether oxygens (including phenoxy) is 1. The Bertz CT molecular complexity index is 493. The molecule has 2 unspecified atom stereocenters. The number of carbonyl (C=O) groups is 1. The first-order chi connectivity index (χ1) is 10.3. The third-order valence-corrected chi connectivity index (χ3v) is 4.13. The van der Waals surface area contributed by atoms with Crippen molar-refractivity contribution in [2.75, 3.05) is 6.61 Å². The highest BCUT2D eigenvalue weighted by Crippen LogP contribution is 2.27. The van der Waals surface area contributed by atoms with Crippen molar-refractivity contribution < 1.29 is 9.53 Å². The van der Waals surface area contributed by atoms with Gasteiger partial charge < -0.3 is 15.4 Å². The highest BCUT2D eigenvalue weighted by atomic mass is 16.5. The van der Waals surface area contributed by atoms with Crippen LogP contribution in [0.2, 0.25) is 0 Å². The molecule has 1 aliphatic heterocycles. The number of amides is 2. The summed E-state index contributed by atoms with van der Waals surface area (Å²) in [6, 6.07) is 10.6. The largest absolute Gasteiger partial charge is 0.373 e. The average molecular weight is 286 g/mol. The zero-order valence-corrected chi connectivity index (χ0v) is 12.1. The van der Waals surface area contributed by atoms with E-state index >= 15 is 0 Å². The molecule has 1 aliphatic carbocycles. The Morgan fingerprint density at radius 3 is 2.52 bits per heavy atom. The van der Waals surface area contributed by atoms with E-state index in [-0.39, 0.29) is 24.2 Å². The van der Waals surface area contributed by atoms with Crippen LogP contribution in [0.4, 0.5) is 4.79 Å². The lowest BCUT2D eigenvalue weighted by Gasteiger charge is -2.30. The number of carbonyl (C=O) groups excluding carboxylic acids is 1. The van der Waals surface area contributed by atoms with E-state index in [0.29, 0.717) is 6.61 Å². The van der Waals surface area contributed by atoms with Crippen molar-refractivity contribution in [1.29, 1.82) is 0 Å². The van der Waals surface area contributed by atoms with Crippen molar-refractivity contribution in [2.45, 2.75) is 43.9 Å². The highest BCUT2D eigenvalue weighted by molar-refractivity contribution is 5.74. The van der Waals surface area contributed by atoms with Gasteiger partial charge in [0.2, 0.25) is 0 Å². The van der Waals surface area contributed by atoms with Crippen LogP contribution in [0.25, 0.3) is 0 Å². The van der Waals surface area contributed by atoms with Crippen LogP contribution < -0.4 is 10.6 Å². The van der Waals surface area contributed by atoms with Crippen molar-refractivity contribution in [3.05, 3.63) is 48.0 Å². The summed E-state index contributed by atoms with van der Waals surface area (Å²) >= 11 is 0. The average Bonchev–Trinajstić information content (AvgIpc) is 3.01. The van der Waals surface area contributed by atoms with Crippen LogP contribution in [0.15, 0.2) is 42.5 Å². The summed E-state index contributed by atoms with van der Waals surface area (Å²) in [6.07, 6.45) is 7.90. The van der Waals surface area contributed by atoms with Crippen LogP contribution in [0.5, 0.6) is 0 Å². The third kappa shape index (κ3) is 3.85. The first kappa shape index (κ1) is 14.1. The molecular formula is C17H22N2O2. The fraction of sp³-hybridized carbons (Fsp3) is 0.471. The second-order valence-electron chi connectivity index (χ2n) is 5.75. The van der Waals surface area contributed by atoms with Gasteiger partial charge in [0.15, 0.2) is 0 Å². The number of rotatable bonds is 3. The van der Waals surface area contributed by atoms with Gasteiger partial charge in [-0.1, -0.05) is 42.5 Å². The van der Waals surface area contributed by atoms with Crippen LogP contribution in [0.3, 0.4) is 0 Å². The SMILES string of the molecule is O=C(NC1CC=CC1)NC1CCOC(c2ccccc2)C1. The van der Waals surface area contributed by atoms with Crippen molar-refractivity contribution >= 4 is 6.03 Å². The summed E-state index contributed by atoms with van der Waals surface area (Å²) in [5.41, 5.74) is 1.18. The summed E-state index contributed by atoms with van der Waals surface area (Å²) in [4.78, 5) is 12.0. The Morgan fingerprint density at radius 2 is 1.76 bits per heavy atom. The van der Waals surface area contributed by atoms with E-state index in [4.69, 9.17) is 4.74 Å². The van der Waals surface area contributed by atoms with Gasteiger partial charge in [0.05, 0.1) is 6.10 Å². The van der Waals surface area contributed by atoms with Crippen LogP contribution in [0, 0.1) is 0 Å². The molecule has 112 valence electrons. The fourth-order valence-electron chi connectivity index (χ4n) is 2.98. The summed E-state index contributed by atoms with van der Waals surface area (Å²) in [6.45, 7) is 0.690. The van der Waals surface area contributed by atoms with E-state index in [1.54, 1.807) is 0 Å². The normalized spacial score (nSPS) is 25.7. The fourth-order valence-corrected chi connectivity index (χ4v) is 2.98. The maximum atomic E-state index is 12.0. The Morgan fingerprint density at radius 1 is 1.05 bits per heavy atom. The molecule has 2 amide bonds. The summed E-state index contributed by atoms with van der Waals surface area (Å²) < 4.78 is 5.83. The van der Waals surface area contributed by atoms with E-state index in [0.717, 1.165) is 25.7 Å². The van der Waals surface area contributed by atoms with Crippen molar-refractivity contribution in [3.63, 3.8) is 0 Å². The second-order valence-corrected chi connectivity index (χ2v) is 5.75. The maximum absolute atomic E-state index is 12.0. The predicted molar refractivity (Wildman–Crippen MR) is 82.0 cm³/mol. The van der Waals surface area contributed by atoms with E-state index in [2.05, 4.69) is 34.9 Å². The molecule has 2 aliphatic rings. The zero-order valence-electron chi connectivity index (χ0n) is 12.1. The van der Waals surface area contributed by atoms with Gasteiger partial charge in [-0.15, -0.1) is 0 Å². The lowest BCUT2D eigenvalue weighted by atomic mass is 9.97. The molecule has 3 rings (SSSR count). The molecule has 0 radical (unpaired) electrons. The molecule has 1 saturated heterocycles. The second kappa shape index (κ2) is 6.76. The van der Waals surface area contributed by atoms with Gasteiger partial charge in [0, 0.05) is 18.7 Å². The third-order valence-electron chi connectivity index (χ3n) is 4.13. The van der Waals surface area contributed by atoms with E-state index < -0.39 is 0 Å². The molecule has 4 nitrogen and oxygen atoms in total. The molecule has 1 aromatic carbocycles. The number of hydrogen-bond acceptors (Lipinski definition) is 2. The molecule has 21 heavy (non-hydrogen) atoms. The number of benzene rings is 1. The van der Waals surface area contributed by atoms with Gasteiger partial charge in [-0.25, -0.2) is 4.79 Å². The maximum Gasteiger partial charge on any atom is 0.315 e. The quantitative estimate of drug-likeness (QED) is 0.839. The summed E-state index contributed by atoms with van der Waals surface area (Å²) in [5, 5.41) is 6.12. The molecule has 0 bridgehead atoms. The Hall–Kier alpha value is -1.81. The van der Waals surface area contributed by atoms with Crippen LogP contribution in [0.1, 0.15) is 37.4 Å². The molecule has 0 spiro atoms. The Labute approximate surface area is 125 Å². The zero-order chi connectivity index (χ0) is 14.5. The minimum Gasteiger partial charge on any atom is -0.373 e. The van der Waals surface area contributed by atoms with Crippen LogP contribution in [-0.2, 0) is 4.74 Å². The van der Waals surface area contributed by atoms with Gasteiger partial charge >= 0.3 is 6.03 Å². The number of nitrogens with one attached hydrogen (secondary N) is 2. The van der Waals surface area contributed by atoms with Crippen molar-refractivity contribution in [2.24, 2.45) is 0 Å². The molecule has 0 aromatic heterocycles. The van der Waals surface area contributed by atoms with Crippen LogP contribution in [-0.4, -0.2) is 24.7 Å². The van der Waals surface area contributed by atoms with Gasteiger partial charge in [-0.05, 0) is 31.2 Å². The Balaban J connectivity index is 1.50. The minimum absolute atomic E-state index is 0.0533. The number of urea groups is 1. The standard InChI is InChI=1S/C17H22N2O2/c20-17(18-14-8-4-5-9-14)19-15-10-11-21-16(12-15)13-6-2-1-3-7-13/h1-7,14-16H,8-12H2,(H2,18,19,20). The molecule has 1 fully saturated rings. The first-order valence-electron chi connectivity index (χ1n) is 7.70. The lowest BCUT2D eigenvalue weighted by Crippen LogP contribution is -2.47. The van der Waals surface area contributed by atoms with E-state index in [1.165, 1.54) is 5.56 Å². The lowest BCUT2D eigenvalue weighted by molar-refractivity contribution is 0.00222. The summed E-state index contributed by atoms with van der Waals surface area (Å²) in [7, 11) is 0. The van der Waals surface area contributed by atoms with Gasteiger partial charge in [0.1, 0.15) is 0 Å². The molecule has 1 aromatic rings. The molecule has 4 heteroatoms. The van der Waals surface area contributed by atoms with Crippen LogP contribution >= 0.6 is 0 Å². The first-order valence-corrected chi connectivity index (χ1v) is 7.70. The highest BCUT2D eigenvalue weighted by Gasteiger charge is 2.25. The molecular weight excluding hydrogens is 264 g/mol. The van der Waals surface area contributed by atoms with Gasteiger partial charge in [-0.2, -0.15) is 0 Å². The van der Waals surface area contributed by atoms with E-state index in [9.17, 15) is 4.79 Å². The summed E-state index contributed by atoms with van der Waals surface area (Å²) in [5.74, 6) is 0.